The average molecular weight is 235 g/mol. The van der Waals surface area contributed by atoms with Gasteiger partial charge in [-0.05, 0) is 49.4 Å². The highest BCUT2D eigenvalue weighted by Crippen LogP contribution is 2.39. The molecule has 17 heavy (non-hydrogen) atoms. The molecule has 0 spiro atoms. The van der Waals surface area contributed by atoms with E-state index >= 15 is 0 Å². The lowest BCUT2D eigenvalue weighted by Crippen LogP contribution is -2.37. The number of rotatable bonds is 2. The number of aryl methyl sites for hydroxylation is 1. The summed E-state index contributed by atoms with van der Waals surface area (Å²) in [6.45, 7) is 4.45. The Labute approximate surface area is 103 Å². The number of hydrogen-bond donors (Lipinski definition) is 1. The van der Waals surface area contributed by atoms with Gasteiger partial charge in [0.1, 0.15) is 5.82 Å². The lowest BCUT2D eigenvalue weighted by Gasteiger charge is -2.37. The van der Waals surface area contributed by atoms with Crippen LogP contribution in [0.1, 0.15) is 48.8 Å². The summed E-state index contributed by atoms with van der Waals surface area (Å²) in [6, 6.07) is 3.84. The molecule has 1 aromatic carbocycles. The van der Waals surface area contributed by atoms with Crippen molar-refractivity contribution in [1.82, 2.24) is 0 Å². The zero-order valence-electron chi connectivity index (χ0n) is 10.9. The molecule has 0 amide bonds. The lowest BCUT2D eigenvalue weighted by atomic mass is 9.69. The number of hydrogen-bond acceptors (Lipinski definition) is 1. The van der Waals surface area contributed by atoms with Crippen molar-refractivity contribution in [2.75, 3.05) is 6.54 Å². The second-order valence-electron chi connectivity index (χ2n) is 5.45. The molecule has 0 bridgehead atoms. The van der Waals surface area contributed by atoms with Crippen LogP contribution in [0, 0.1) is 19.7 Å². The molecule has 1 aliphatic carbocycles. The van der Waals surface area contributed by atoms with E-state index in [-0.39, 0.29) is 11.2 Å². The molecule has 0 atom stereocenters. The second-order valence-corrected chi connectivity index (χ2v) is 5.45. The summed E-state index contributed by atoms with van der Waals surface area (Å²) in [5, 5.41) is 0. The second kappa shape index (κ2) is 4.77. The van der Waals surface area contributed by atoms with Gasteiger partial charge in [-0.25, -0.2) is 4.39 Å². The topological polar surface area (TPSA) is 26.0 Å². The van der Waals surface area contributed by atoms with Crippen LogP contribution in [0.25, 0.3) is 0 Å². The summed E-state index contributed by atoms with van der Waals surface area (Å²) in [7, 11) is 0. The van der Waals surface area contributed by atoms with Crippen LogP contribution in [0.15, 0.2) is 12.1 Å². The Kier molecular flexibility index (Phi) is 3.53. The molecule has 2 N–H and O–H groups in total. The molecule has 0 aliphatic heterocycles. The summed E-state index contributed by atoms with van der Waals surface area (Å²) in [6.07, 6.45) is 5.92. The molecule has 2 heteroatoms. The first kappa shape index (κ1) is 12.6. The maximum absolute atomic E-state index is 13.9. The largest absolute Gasteiger partial charge is 0.330 e. The first-order valence-electron chi connectivity index (χ1n) is 6.56. The molecule has 0 saturated heterocycles. The molecular formula is C15H22FN. The van der Waals surface area contributed by atoms with Crippen LogP contribution in [0.2, 0.25) is 0 Å². The van der Waals surface area contributed by atoms with E-state index in [0.717, 1.165) is 29.5 Å². The van der Waals surface area contributed by atoms with Crippen molar-refractivity contribution in [3.8, 4) is 0 Å². The first-order valence-corrected chi connectivity index (χ1v) is 6.56. The summed E-state index contributed by atoms with van der Waals surface area (Å²) < 4.78 is 13.9. The highest BCUT2D eigenvalue weighted by atomic mass is 19.1. The molecule has 0 unspecified atom stereocenters. The lowest BCUT2D eigenvalue weighted by molar-refractivity contribution is 0.299. The minimum Gasteiger partial charge on any atom is -0.330 e. The van der Waals surface area contributed by atoms with Gasteiger partial charge in [0.25, 0.3) is 0 Å². The van der Waals surface area contributed by atoms with Gasteiger partial charge in [-0.1, -0.05) is 25.3 Å². The molecule has 1 aromatic rings. The quantitative estimate of drug-likeness (QED) is 0.832. The summed E-state index contributed by atoms with van der Waals surface area (Å²) in [5.74, 6) is -0.0848. The molecule has 94 valence electrons. The molecule has 0 aromatic heterocycles. The van der Waals surface area contributed by atoms with Gasteiger partial charge in [0.15, 0.2) is 0 Å². The van der Waals surface area contributed by atoms with E-state index in [9.17, 15) is 4.39 Å². The number of halogens is 1. The fourth-order valence-corrected chi connectivity index (χ4v) is 2.96. The highest BCUT2D eigenvalue weighted by Gasteiger charge is 2.33. The van der Waals surface area contributed by atoms with E-state index in [1.165, 1.54) is 19.3 Å². The van der Waals surface area contributed by atoms with Crippen LogP contribution in [-0.2, 0) is 5.41 Å². The Bertz CT molecular complexity index is 382. The summed E-state index contributed by atoms with van der Waals surface area (Å²) in [4.78, 5) is 0. The Balaban J connectivity index is 2.43. The Morgan fingerprint density at radius 1 is 1.18 bits per heavy atom. The fraction of sp³-hybridized carbons (Fsp3) is 0.600. The van der Waals surface area contributed by atoms with E-state index < -0.39 is 0 Å². The zero-order chi connectivity index (χ0) is 12.5. The molecule has 1 saturated carbocycles. The minimum absolute atomic E-state index is 0.0253. The van der Waals surface area contributed by atoms with Crippen LogP contribution in [0.3, 0.4) is 0 Å². The van der Waals surface area contributed by atoms with Gasteiger partial charge < -0.3 is 5.73 Å². The molecule has 1 nitrogen and oxygen atoms in total. The van der Waals surface area contributed by atoms with Crippen molar-refractivity contribution in [2.24, 2.45) is 5.73 Å². The molecule has 0 radical (unpaired) electrons. The maximum atomic E-state index is 13.9. The van der Waals surface area contributed by atoms with Gasteiger partial charge in [0.05, 0.1) is 0 Å². The van der Waals surface area contributed by atoms with E-state index in [0.29, 0.717) is 6.54 Å². The monoisotopic (exact) mass is 235 g/mol. The number of nitrogens with two attached hydrogens (primary N) is 1. The van der Waals surface area contributed by atoms with Gasteiger partial charge in [-0.3, -0.25) is 0 Å². The summed E-state index contributed by atoms with van der Waals surface area (Å²) in [5.41, 5.74) is 8.92. The van der Waals surface area contributed by atoms with Crippen molar-refractivity contribution in [2.45, 2.75) is 51.4 Å². The highest BCUT2D eigenvalue weighted by molar-refractivity contribution is 5.36. The Hall–Kier alpha value is -0.890. The van der Waals surface area contributed by atoms with Gasteiger partial charge in [0.2, 0.25) is 0 Å². The third-order valence-electron chi connectivity index (χ3n) is 4.42. The summed E-state index contributed by atoms with van der Waals surface area (Å²) >= 11 is 0. The standard InChI is InChI=1S/C15H22FN/c1-11-8-13(9-14(16)12(11)2)15(10-17)6-4-3-5-7-15/h8-9H,3-7,10,17H2,1-2H3. The van der Waals surface area contributed by atoms with Crippen LogP contribution < -0.4 is 5.73 Å². The Morgan fingerprint density at radius 3 is 2.35 bits per heavy atom. The molecular weight excluding hydrogens is 213 g/mol. The van der Waals surface area contributed by atoms with E-state index in [1.54, 1.807) is 6.07 Å². The molecule has 1 fully saturated rings. The third kappa shape index (κ3) is 2.23. The van der Waals surface area contributed by atoms with Crippen molar-refractivity contribution >= 4 is 0 Å². The zero-order valence-corrected chi connectivity index (χ0v) is 10.9. The SMILES string of the molecule is Cc1cc(C2(CN)CCCCC2)cc(F)c1C. The first-order chi connectivity index (χ1) is 8.09. The van der Waals surface area contributed by atoms with E-state index in [2.05, 4.69) is 6.07 Å². The molecule has 2 rings (SSSR count). The van der Waals surface area contributed by atoms with Crippen LogP contribution in [-0.4, -0.2) is 6.54 Å². The minimum atomic E-state index is -0.0848. The smallest absolute Gasteiger partial charge is 0.126 e. The Morgan fingerprint density at radius 2 is 1.82 bits per heavy atom. The average Bonchev–Trinajstić information content (AvgIpc) is 2.36. The van der Waals surface area contributed by atoms with Gasteiger partial charge in [-0.2, -0.15) is 0 Å². The van der Waals surface area contributed by atoms with Crippen molar-refractivity contribution in [3.05, 3.63) is 34.6 Å². The van der Waals surface area contributed by atoms with Gasteiger partial charge in [-0.15, -0.1) is 0 Å². The van der Waals surface area contributed by atoms with Gasteiger partial charge in [0, 0.05) is 12.0 Å². The van der Waals surface area contributed by atoms with Crippen LogP contribution in [0.4, 0.5) is 4.39 Å². The number of benzene rings is 1. The van der Waals surface area contributed by atoms with Crippen molar-refractivity contribution < 1.29 is 4.39 Å². The normalized spacial score (nSPS) is 19.3. The third-order valence-corrected chi connectivity index (χ3v) is 4.42. The maximum Gasteiger partial charge on any atom is 0.126 e. The fourth-order valence-electron chi connectivity index (χ4n) is 2.96. The van der Waals surface area contributed by atoms with Crippen molar-refractivity contribution in [1.29, 1.82) is 0 Å². The van der Waals surface area contributed by atoms with Gasteiger partial charge >= 0.3 is 0 Å². The van der Waals surface area contributed by atoms with Crippen molar-refractivity contribution in [3.63, 3.8) is 0 Å². The van der Waals surface area contributed by atoms with E-state index in [1.807, 2.05) is 13.8 Å². The van der Waals surface area contributed by atoms with E-state index in [4.69, 9.17) is 5.73 Å². The molecule has 1 aliphatic rings. The van der Waals surface area contributed by atoms with Crippen LogP contribution >= 0.6 is 0 Å². The predicted molar refractivity (Wildman–Crippen MR) is 69.7 cm³/mol. The predicted octanol–water partition coefficient (Wildman–Crippen LogP) is 3.60. The van der Waals surface area contributed by atoms with Crippen LogP contribution in [0.5, 0.6) is 0 Å². The molecule has 0 heterocycles.